The van der Waals surface area contributed by atoms with E-state index in [4.69, 9.17) is 9.47 Å². The molecule has 0 bridgehead atoms. The molecule has 0 aromatic heterocycles. The molecule has 0 aliphatic heterocycles. The summed E-state index contributed by atoms with van der Waals surface area (Å²) in [5, 5.41) is 3.17. The van der Waals surface area contributed by atoms with Gasteiger partial charge >= 0.3 is 0 Å². The van der Waals surface area contributed by atoms with E-state index in [2.05, 4.69) is 26.1 Å². The molecular weight excluding hydrogens is 440 g/mol. The third-order valence-electron chi connectivity index (χ3n) is 6.65. The SMILES string of the molecule is COc1cccc(CN(C(=O)COc2ccccc2C(C)(C)C)[C@@H](C)C(=O)NC2CCCCC2)c1. The molecule has 0 saturated heterocycles. The molecule has 2 aromatic rings. The molecule has 1 aliphatic rings. The van der Waals surface area contributed by atoms with E-state index < -0.39 is 6.04 Å². The maximum atomic E-state index is 13.5. The summed E-state index contributed by atoms with van der Waals surface area (Å²) >= 11 is 0. The summed E-state index contributed by atoms with van der Waals surface area (Å²) in [6.45, 7) is 8.29. The number of nitrogens with one attached hydrogen (secondary N) is 1. The molecule has 3 rings (SSSR count). The minimum atomic E-state index is -0.628. The van der Waals surface area contributed by atoms with Crippen molar-refractivity contribution >= 4 is 11.8 Å². The fraction of sp³-hybridized carbons (Fsp3) is 0.517. The highest BCUT2D eigenvalue weighted by Gasteiger charge is 2.29. The highest BCUT2D eigenvalue weighted by atomic mass is 16.5. The summed E-state index contributed by atoms with van der Waals surface area (Å²) in [5.74, 6) is 1.05. The second-order valence-electron chi connectivity index (χ2n) is 10.4. The van der Waals surface area contributed by atoms with Crippen molar-refractivity contribution in [3.8, 4) is 11.5 Å². The third kappa shape index (κ3) is 7.48. The number of hydrogen-bond acceptors (Lipinski definition) is 4. The van der Waals surface area contributed by atoms with Crippen LogP contribution in [0.3, 0.4) is 0 Å². The molecule has 2 amide bonds. The molecular formula is C29H40N2O4. The molecule has 6 nitrogen and oxygen atoms in total. The third-order valence-corrected chi connectivity index (χ3v) is 6.65. The van der Waals surface area contributed by atoms with Crippen molar-refractivity contribution in [2.45, 2.75) is 83.8 Å². The number of carbonyl (C=O) groups excluding carboxylic acids is 2. The lowest BCUT2D eigenvalue weighted by atomic mass is 9.86. The zero-order valence-corrected chi connectivity index (χ0v) is 21.8. The van der Waals surface area contributed by atoms with Crippen LogP contribution in [0.4, 0.5) is 0 Å². The van der Waals surface area contributed by atoms with Crippen LogP contribution in [0.25, 0.3) is 0 Å². The highest BCUT2D eigenvalue weighted by molar-refractivity contribution is 5.88. The van der Waals surface area contributed by atoms with Gasteiger partial charge in [-0.1, -0.05) is 70.4 Å². The van der Waals surface area contributed by atoms with Gasteiger partial charge in [-0.3, -0.25) is 9.59 Å². The van der Waals surface area contributed by atoms with Crippen LogP contribution in [0.2, 0.25) is 0 Å². The first kappa shape index (κ1) is 26.6. The normalized spacial score (nSPS) is 15.2. The maximum Gasteiger partial charge on any atom is 0.261 e. The van der Waals surface area contributed by atoms with E-state index in [0.717, 1.165) is 36.8 Å². The zero-order valence-electron chi connectivity index (χ0n) is 21.8. The van der Waals surface area contributed by atoms with E-state index in [1.807, 2.05) is 48.5 Å². The highest BCUT2D eigenvalue weighted by Crippen LogP contribution is 2.31. The zero-order chi connectivity index (χ0) is 25.4. The number of rotatable bonds is 9. The lowest BCUT2D eigenvalue weighted by molar-refractivity contribution is -0.142. The molecule has 0 unspecified atom stereocenters. The summed E-state index contributed by atoms with van der Waals surface area (Å²) in [4.78, 5) is 28.2. The van der Waals surface area contributed by atoms with Gasteiger partial charge in [0.25, 0.3) is 5.91 Å². The topological polar surface area (TPSA) is 67.9 Å². The number of nitrogens with zero attached hydrogens (tertiary/aromatic N) is 1. The number of ether oxygens (including phenoxy) is 2. The Labute approximate surface area is 210 Å². The quantitative estimate of drug-likeness (QED) is 0.533. The Kier molecular flexibility index (Phi) is 9.19. The van der Waals surface area contributed by atoms with E-state index >= 15 is 0 Å². The standard InChI is InChI=1S/C29H40N2O4/c1-21(28(33)30-23-13-7-6-8-14-23)31(19-22-12-11-15-24(18-22)34-5)27(32)20-35-26-17-10-9-16-25(26)29(2,3)4/h9-12,15-18,21,23H,6-8,13-14,19-20H2,1-5H3,(H,30,33)/t21-/m0/s1. The largest absolute Gasteiger partial charge is 0.497 e. The predicted octanol–water partition coefficient (Wildman–Crippen LogP) is 5.24. The second kappa shape index (κ2) is 12.1. The number of hydrogen-bond donors (Lipinski definition) is 1. The van der Waals surface area contributed by atoms with Crippen molar-refractivity contribution in [3.63, 3.8) is 0 Å². The fourth-order valence-corrected chi connectivity index (χ4v) is 4.55. The molecule has 0 heterocycles. The Bertz CT molecular complexity index is 992. The van der Waals surface area contributed by atoms with Crippen LogP contribution in [0.1, 0.15) is 70.9 Å². The molecule has 190 valence electrons. The smallest absolute Gasteiger partial charge is 0.261 e. The van der Waals surface area contributed by atoms with Gasteiger partial charge in [0.2, 0.25) is 5.91 Å². The Morgan fingerprint density at radius 1 is 1.06 bits per heavy atom. The van der Waals surface area contributed by atoms with Crippen LogP contribution >= 0.6 is 0 Å². The van der Waals surface area contributed by atoms with E-state index in [9.17, 15) is 9.59 Å². The molecule has 2 aromatic carbocycles. The lowest BCUT2D eigenvalue weighted by Crippen LogP contribution is -2.51. The number of methoxy groups -OCH3 is 1. The Hall–Kier alpha value is -3.02. The van der Waals surface area contributed by atoms with Gasteiger partial charge in [0, 0.05) is 12.6 Å². The van der Waals surface area contributed by atoms with Gasteiger partial charge in [0.15, 0.2) is 6.61 Å². The second-order valence-corrected chi connectivity index (χ2v) is 10.4. The van der Waals surface area contributed by atoms with Crippen molar-refractivity contribution in [2.24, 2.45) is 0 Å². The van der Waals surface area contributed by atoms with Crippen molar-refractivity contribution in [2.75, 3.05) is 13.7 Å². The summed E-state index contributed by atoms with van der Waals surface area (Å²) < 4.78 is 11.4. The van der Waals surface area contributed by atoms with Gasteiger partial charge in [-0.25, -0.2) is 0 Å². The first-order valence-corrected chi connectivity index (χ1v) is 12.6. The van der Waals surface area contributed by atoms with Crippen LogP contribution in [0, 0.1) is 0 Å². The van der Waals surface area contributed by atoms with Crippen molar-refractivity contribution in [3.05, 3.63) is 59.7 Å². The number of benzene rings is 2. The van der Waals surface area contributed by atoms with Crippen LogP contribution in [-0.2, 0) is 21.5 Å². The minimum absolute atomic E-state index is 0.118. The van der Waals surface area contributed by atoms with Crippen molar-refractivity contribution in [1.29, 1.82) is 0 Å². The van der Waals surface area contributed by atoms with E-state index in [1.54, 1.807) is 18.9 Å². The van der Waals surface area contributed by atoms with Crippen LogP contribution < -0.4 is 14.8 Å². The number of amides is 2. The predicted molar refractivity (Wildman–Crippen MR) is 139 cm³/mol. The Morgan fingerprint density at radius 2 is 1.77 bits per heavy atom. The van der Waals surface area contributed by atoms with Gasteiger partial charge in [0.1, 0.15) is 17.5 Å². The molecule has 6 heteroatoms. The number of carbonyl (C=O) groups is 2. The first-order chi connectivity index (χ1) is 16.7. The van der Waals surface area contributed by atoms with E-state index in [-0.39, 0.29) is 29.9 Å². The summed E-state index contributed by atoms with van der Waals surface area (Å²) in [7, 11) is 1.61. The lowest BCUT2D eigenvalue weighted by Gasteiger charge is -2.31. The minimum Gasteiger partial charge on any atom is -0.497 e. The number of para-hydroxylation sites is 1. The molecule has 0 spiro atoms. The molecule has 0 radical (unpaired) electrons. The average Bonchev–Trinajstić information content (AvgIpc) is 2.85. The maximum absolute atomic E-state index is 13.5. The van der Waals surface area contributed by atoms with Crippen molar-refractivity contribution in [1.82, 2.24) is 10.2 Å². The molecule has 1 N–H and O–H groups in total. The van der Waals surface area contributed by atoms with E-state index in [1.165, 1.54) is 6.42 Å². The summed E-state index contributed by atoms with van der Waals surface area (Å²) in [6.07, 6.45) is 5.47. The molecule has 1 saturated carbocycles. The van der Waals surface area contributed by atoms with Gasteiger partial charge < -0.3 is 19.7 Å². The summed E-state index contributed by atoms with van der Waals surface area (Å²) in [5.41, 5.74) is 1.81. The first-order valence-electron chi connectivity index (χ1n) is 12.6. The van der Waals surface area contributed by atoms with E-state index in [0.29, 0.717) is 18.0 Å². The van der Waals surface area contributed by atoms with Crippen LogP contribution in [-0.4, -0.2) is 42.5 Å². The molecule has 1 aliphatic carbocycles. The Morgan fingerprint density at radius 3 is 2.46 bits per heavy atom. The molecule has 1 atom stereocenters. The Balaban J connectivity index is 1.77. The molecule has 35 heavy (non-hydrogen) atoms. The summed E-state index contributed by atoms with van der Waals surface area (Å²) in [6, 6.07) is 14.9. The van der Waals surface area contributed by atoms with Gasteiger partial charge in [0.05, 0.1) is 7.11 Å². The van der Waals surface area contributed by atoms with Gasteiger partial charge in [-0.2, -0.15) is 0 Å². The van der Waals surface area contributed by atoms with Crippen molar-refractivity contribution < 1.29 is 19.1 Å². The average molecular weight is 481 g/mol. The van der Waals surface area contributed by atoms with Crippen LogP contribution in [0.15, 0.2) is 48.5 Å². The van der Waals surface area contributed by atoms with Gasteiger partial charge in [-0.15, -0.1) is 0 Å². The monoisotopic (exact) mass is 480 g/mol. The van der Waals surface area contributed by atoms with Gasteiger partial charge in [-0.05, 0) is 54.5 Å². The fourth-order valence-electron chi connectivity index (χ4n) is 4.55. The molecule has 1 fully saturated rings. The van der Waals surface area contributed by atoms with Crippen LogP contribution in [0.5, 0.6) is 11.5 Å².